The second-order valence-corrected chi connectivity index (χ2v) is 14.0. The lowest BCUT2D eigenvalue weighted by Crippen LogP contribution is -2.44. The first-order chi connectivity index (χ1) is 23.6. The molecule has 4 atom stereocenters. The van der Waals surface area contributed by atoms with Crippen molar-refractivity contribution in [3.8, 4) is 29.1 Å². The van der Waals surface area contributed by atoms with E-state index in [0.717, 1.165) is 36.8 Å². The topological polar surface area (TPSA) is 127 Å². The molecule has 0 aliphatic carbocycles. The summed E-state index contributed by atoms with van der Waals surface area (Å²) in [7, 11) is 1.51. The highest BCUT2D eigenvalue weighted by Gasteiger charge is 2.49. The van der Waals surface area contributed by atoms with Crippen molar-refractivity contribution >= 4 is 54.8 Å². The van der Waals surface area contributed by atoms with Crippen LogP contribution in [0.15, 0.2) is 30.9 Å². The van der Waals surface area contributed by atoms with E-state index in [2.05, 4.69) is 21.4 Å². The first-order valence-electron chi connectivity index (χ1n) is 15.8. The van der Waals surface area contributed by atoms with Crippen LogP contribution in [-0.2, 0) is 9.53 Å². The number of ether oxygens (including phenoxy) is 3. The van der Waals surface area contributed by atoms with Gasteiger partial charge in [0.25, 0.3) is 0 Å². The van der Waals surface area contributed by atoms with E-state index in [-0.39, 0.29) is 78.7 Å². The molecule has 49 heavy (non-hydrogen) atoms. The first-order valence-corrected chi connectivity index (χ1v) is 17.0. The quantitative estimate of drug-likeness (QED) is 0.207. The number of aromatic nitrogens is 2. The number of likely N-dealkylation sites (tertiary alicyclic amines) is 1. The number of nitrogen functional groups attached to an aromatic ring is 1. The van der Waals surface area contributed by atoms with Gasteiger partial charge in [-0.25, -0.2) is 13.2 Å². The molecule has 256 valence electrons. The minimum atomic E-state index is -0.985. The van der Waals surface area contributed by atoms with Crippen molar-refractivity contribution in [2.45, 2.75) is 49.5 Å². The van der Waals surface area contributed by atoms with Crippen LogP contribution in [0.4, 0.5) is 18.2 Å². The summed E-state index contributed by atoms with van der Waals surface area (Å²) < 4.78 is 64.4. The Morgan fingerprint density at radius 3 is 2.90 bits per heavy atom. The molecule has 1 amide bonds. The first kappa shape index (κ1) is 33.3. The molecule has 3 saturated heterocycles. The number of benzene rings is 2. The van der Waals surface area contributed by atoms with Crippen LogP contribution in [-0.4, -0.2) is 89.5 Å². The molecule has 2 N–H and O–H groups in total. The Balaban J connectivity index is 1.36. The number of fused-ring (bicyclic) bond motifs is 3. The molecular weight excluding hydrogens is 681 g/mol. The number of amides is 1. The van der Waals surface area contributed by atoms with Gasteiger partial charge >= 0.3 is 6.01 Å². The number of nitriles is 1. The summed E-state index contributed by atoms with van der Waals surface area (Å²) in [5, 5.41) is 10.1. The summed E-state index contributed by atoms with van der Waals surface area (Å²) in [5.41, 5.74) is 5.36. The van der Waals surface area contributed by atoms with E-state index >= 15 is 4.39 Å². The Hall–Kier alpha value is -4.16. The monoisotopic (exact) mass is 712 g/mol. The summed E-state index contributed by atoms with van der Waals surface area (Å²) in [5.74, 6) is -1.82. The fraction of sp³-hybridized carbons (Fsp3) is 0.412. The van der Waals surface area contributed by atoms with E-state index in [4.69, 9.17) is 31.5 Å². The number of thiophene rings is 1. The van der Waals surface area contributed by atoms with Crippen molar-refractivity contribution in [3.05, 3.63) is 53.1 Å². The molecule has 3 aliphatic heterocycles. The lowest BCUT2D eigenvalue weighted by Gasteiger charge is -2.31. The maximum atomic E-state index is 16.9. The van der Waals surface area contributed by atoms with Gasteiger partial charge in [0.15, 0.2) is 5.82 Å². The van der Waals surface area contributed by atoms with Crippen molar-refractivity contribution in [3.63, 3.8) is 0 Å². The smallest absolute Gasteiger partial charge is 0.320 e. The van der Waals surface area contributed by atoms with Gasteiger partial charge in [0.2, 0.25) is 11.8 Å². The standard InChI is InChI=1S/C34H32ClF3N6O4S/c1-3-25(45)44-10-7-24(23(44)15-46-2)48-32-19-11-21(35)27(18-5-6-22(37)30-26(18)20(13-39)31(40)49-30)28(38)29(19)41-33(42-32)47-16-34-8-4-9-43(34)14-17(36)12-34/h3,5-6,11,17,23-24H,1,4,7-10,12,14-16,40H2,2H3/t17-,23+,24-,34+/m1/s1. The van der Waals surface area contributed by atoms with Gasteiger partial charge in [-0.1, -0.05) is 24.2 Å². The number of halogens is 4. The summed E-state index contributed by atoms with van der Waals surface area (Å²) >= 11 is 7.67. The van der Waals surface area contributed by atoms with E-state index in [1.54, 1.807) is 4.90 Å². The molecular formula is C34H32ClF3N6O4S. The van der Waals surface area contributed by atoms with E-state index in [9.17, 15) is 18.8 Å². The predicted molar refractivity (Wildman–Crippen MR) is 180 cm³/mol. The number of hydrogen-bond acceptors (Lipinski definition) is 10. The zero-order valence-electron chi connectivity index (χ0n) is 26.5. The van der Waals surface area contributed by atoms with Gasteiger partial charge in [-0.05, 0) is 43.2 Å². The number of alkyl halides is 1. The van der Waals surface area contributed by atoms with Crippen LogP contribution in [0, 0.1) is 23.0 Å². The van der Waals surface area contributed by atoms with E-state index in [1.165, 1.54) is 25.3 Å². The van der Waals surface area contributed by atoms with Gasteiger partial charge in [-0.3, -0.25) is 9.69 Å². The average molecular weight is 713 g/mol. The summed E-state index contributed by atoms with van der Waals surface area (Å²) in [6.45, 7) is 5.26. The minimum Gasteiger partial charge on any atom is -0.471 e. The van der Waals surface area contributed by atoms with Crippen LogP contribution in [0.2, 0.25) is 5.02 Å². The molecule has 0 bridgehead atoms. The summed E-state index contributed by atoms with van der Waals surface area (Å²) in [4.78, 5) is 25.3. The number of carbonyl (C=O) groups excluding carboxylic acids is 1. The number of anilines is 1. The van der Waals surface area contributed by atoms with Crippen LogP contribution >= 0.6 is 22.9 Å². The second-order valence-electron chi connectivity index (χ2n) is 12.6. The molecule has 10 nitrogen and oxygen atoms in total. The third-order valence-corrected chi connectivity index (χ3v) is 11.1. The Morgan fingerprint density at radius 2 is 2.14 bits per heavy atom. The maximum absolute atomic E-state index is 16.9. The highest BCUT2D eigenvalue weighted by atomic mass is 35.5. The Kier molecular flexibility index (Phi) is 8.81. The molecule has 3 fully saturated rings. The Bertz CT molecular complexity index is 2040. The number of rotatable bonds is 9. The second kappa shape index (κ2) is 12.9. The Morgan fingerprint density at radius 1 is 1.33 bits per heavy atom. The number of nitrogens with zero attached hydrogens (tertiary/aromatic N) is 5. The molecule has 15 heteroatoms. The molecule has 0 unspecified atom stereocenters. The van der Waals surface area contributed by atoms with Crippen LogP contribution in [0.5, 0.6) is 11.9 Å². The highest BCUT2D eigenvalue weighted by Crippen LogP contribution is 2.46. The van der Waals surface area contributed by atoms with Gasteiger partial charge < -0.3 is 24.8 Å². The van der Waals surface area contributed by atoms with E-state index < -0.39 is 35.5 Å². The normalized spacial score (nSPS) is 23.7. The molecule has 0 saturated carbocycles. The molecule has 4 aromatic rings. The van der Waals surface area contributed by atoms with Gasteiger partial charge in [0, 0.05) is 44.0 Å². The van der Waals surface area contributed by atoms with Crippen molar-refractivity contribution < 1.29 is 32.2 Å². The molecule has 2 aromatic heterocycles. The summed E-state index contributed by atoms with van der Waals surface area (Å²) in [6.07, 6.45) is 1.98. The van der Waals surface area contributed by atoms with Gasteiger partial charge in [0.1, 0.15) is 41.3 Å². The van der Waals surface area contributed by atoms with Crippen molar-refractivity contribution in [2.75, 3.05) is 45.7 Å². The third kappa shape index (κ3) is 5.62. The lowest BCUT2D eigenvalue weighted by atomic mass is 9.95. The minimum absolute atomic E-state index is 0.00736. The van der Waals surface area contributed by atoms with Gasteiger partial charge in [0.05, 0.1) is 38.9 Å². The van der Waals surface area contributed by atoms with Crippen molar-refractivity contribution in [1.82, 2.24) is 19.8 Å². The maximum Gasteiger partial charge on any atom is 0.320 e. The SMILES string of the molecule is C=CC(=O)N1CC[C@@H](Oc2nc(OC[C@@]34CCCN3C[C@H](F)C4)nc3c(F)c(-c4ccc(F)c5sc(N)c(C#N)c45)c(Cl)cc23)[C@@H]1COC. The number of hydrogen-bond donors (Lipinski definition) is 1. The molecule has 5 heterocycles. The van der Waals surface area contributed by atoms with Gasteiger partial charge in [-0.15, -0.1) is 11.3 Å². The Labute approximate surface area is 288 Å². The third-order valence-electron chi connectivity index (χ3n) is 9.80. The number of nitrogens with two attached hydrogens (primary N) is 1. The molecule has 7 rings (SSSR count). The van der Waals surface area contributed by atoms with Gasteiger partial charge in [-0.2, -0.15) is 15.2 Å². The van der Waals surface area contributed by atoms with E-state index in [1.807, 2.05) is 6.07 Å². The zero-order chi connectivity index (χ0) is 34.6. The molecule has 2 aromatic carbocycles. The molecule has 0 spiro atoms. The number of methoxy groups -OCH3 is 1. The predicted octanol–water partition coefficient (Wildman–Crippen LogP) is 6.03. The van der Waals surface area contributed by atoms with E-state index in [0.29, 0.717) is 25.9 Å². The summed E-state index contributed by atoms with van der Waals surface area (Å²) in [6, 6.07) is 5.25. The van der Waals surface area contributed by atoms with Crippen molar-refractivity contribution in [2.24, 2.45) is 0 Å². The average Bonchev–Trinajstić information content (AvgIpc) is 3.82. The zero-order valence-corrected chi connectivity index (χ0v) is 28.1. The van der Waals surface area contributed by atoms with Crippen LogP contribution in [0.3, 0.4) is 0 Å². The highest BCUT2D eigenvalue weighted by molar-refractivity contribution is 7.23. The van der Waals surface area contributed by atoms with Crippen LogP contribution in [0.1, 0.15) is 31.2 Å². The molecule has 3 aliphatic rings. The lowest BCUT2D eigenvalue weighted by molar-refractivity contribution is -0.128. The molecule has 0 radical (unpaired) electrons. The number of carbonyl (C=O) groups is 1. The largest absolute Gasteiger partial charge is 0.471 e. The fourth-order valence-electron chi connectivity index (χ4n) is 7.57. The van der Waals surface area contributed by atoms with Crippen LogP contribution < -0.4 is 15.2 Å². The van der Waals surface area contributed by atoms with Crippen LogP contribution in [0.25, 0.3) is 32.1 Å². The fourth-order valence-corrected chi connectivity index (χ4v) is 8.81. The van der Waals surface area contributed by atoms with Crippen molar-refractivity contribution in [1.29, 1.82) is 5.26 Å².